The Morgan fingerprint density at radius 2 is 1.77 bits per heavy atom. The molecule has 2 aromatic carbocycles. The topological polar surface area (TPSA) is 78.0 Å². The molecular formula is C19H18FN3O2S. The first kappa shape index (κ1) is 18.0. The van der Waals surface area contributed by atoms with E-state index in [1.165, 1.54) is 18.2 Å². The van der Waals surface area contributed by atoms with Crippen LogP contribution in [-0.4, -0.2) is 18.2 Å². The number of rotatable bonds is 4. The number of allylic oxidation sites excluding steroid dienone is 1. The third-order valence-electron chi connectivity index (χ3n) is 3.97. The maximum absolute atomic E-state index is 14.0. The van der Waals surface area contributed by atoms with Crippen molar-refractivity contribution in [3.05, 3.63) is 66.1 Å². The fraction of sp³-hybridized carbons (Fsp3) is 0.105. The lowest BCUT2D eigenvalue weighted by Gasteiger charge is -2.05. The SMILES string of the molecule is CC=Cn1cc(-c2ccc(C)c(F)c2)c(-c2ccc(S(N)(=O)=O)cc2)n1. The van der Waals surface area contributed by atoms with Crippen LogP contribution >= 0.6 is 0 Å². The summed E-state index contributed by atoms with van der Waals surface area (Å²) >= 11 is 0. The van der Waals surface area contributed by atoms with E-state index in [1.807, 2.05) is 19.1 Å². The fourth-order valence-electron chi connectivity index (χ4n) is 2.61. The number of benzene rings is 2. The number of aromatic nitrogens is 2. The van der Waals surface area contributed by atoms with Crippen molar-refractivity contribution in [1.82, 2.24) is 9.78 Å². The van der Waals surface area contributed by atoms with Crippen LogP contribution in [0, 0.1) is 12.7 Å². The van der Waals surface area contributed by atoms with Crippen molar-refractivity contribution in [2.45, 2.75) is 18.7 Å². The summed E-state index contributed by atoms with van der Waals surface area (Å²) in [4.78, 5) is 0.0251. The van der Waals surface area contributed by atoms with Crippen LogP contribution < -0.4 is 5.14 Å². The molecule has 5 nitrogen and oxygen atoms in total. The highest BCUT2D eigenvalue weighted by Gasteiger charge is 2.15. The molecule has 0 aliphatic heterocycles. The average Bonchev–Trinajstić information content (AvgIpc) is 3.01. The summed E-state index contributed by atoms with van der Waals surface area (Å²) in [5.41, 5.74) is 3.32. The molecule has 0 fully saturated rings. The highest BCUT2D eigenvalue weighted by atomic mass is 32.2. The van der Waals surface area contributed by atoms with Crippen LogP contribution in [0.1, 0.15) is 12.5 Å². The van der Waals surface area contributed by atoms with Gasteiger partial charge in [0.2, 0.25) is 10.0 Å². The molecule has 0 saturated heterocycles. The van der Waals surface area contributed by atoms with Crippen LogP contribution in [0.4, 0.5) is 4.39 Å². The van der Waals surface area contributed by atoms with Gasteiger partial charge in [0.15, 0.2) is 0 Å². The van der Waals surface area contributed by atoms with E-state index in [4.69, 9.17) is 5.14 Å². The summed E-state index contributed by atoms with van der Waals surface area (Å²) in [6.07, 6.45) is 5.41. The first-order valence-electron chi connectivity index (χ1n) is 7.91. The van der Waals surface area contributed by atoms with Crippen molar-refractivity contribution in [3.8, 4) is 22.4 Å². The molecule has 3 rings (SSSR count). The van der Waals surface area contributed by atoms with Crippen molar-refractivity contribution in [2.24, 2.45) is 5.14 Å². The van der Waals surface area contributed by atoms with Crippen LogP contribution in [0.25, 0.3) is 28.6 Å². The molecule has 0 saturated carbocycles. The molecule has 0 spiro atoms. The van der Waals surface area contributed by atoms with Crippen LogP contribution in [0.3, 0.4) is 0 Å². The molecule has 2 N–H and O–H groups in total. The Balaban J connectivity index is 2.15. The lowest BCUT2D eigenvalue weighted by molar-refractivity contribution is 0.598. The maximum atomic E-state index is 14.0. The number of nitrogens with two attached hydrogens (primary N) is 1. The Kier molecular flexibility index (Phi) is 4.76. The van der Waals surface area contributed by atoms with Gasteiger partial charge < -0.3 is 0 Å². The van der Waals surface area contributed by atoms with Gasteiger partial charge in [-0.3, -0.25) is 0 Å². The van der Waals surface area contributed by atoms with Crippen molar-refractivity contribution in [2.75, 3.05) is 0 Å². The van der Waals surface area contributed by atoms with Gasteiger partial charge in [0.25, 0.3) is 0 Å². The number of aryl methyl sites for hydroxylation is 1. The monoisotopic (exact) mass is 371 g/mol. The molecule has 1 aromatic heterocycles. The van der Waals surface area contributed by atoms with Crippen molar-refractivity contribution < 1.29 is 12.8 Å². The Hall–Kier alpha value is -2.77. The highest BCUT2D eigenvalue weighted by Crippen LogP contribution is 2.32. The second-order valence-corrected chi connectivity index (χ2v) is 7.45. The summed E-state index contributed by atoms with van der Waals surface area (Å²) in [6, 6.07) is 11.1. The normalized spacial score (nSPS) is 12.0. The molecule has 7 heteroatoms. The second-order valence-electron chi connectivity index (χ2n) is 5.89. The summed E-state index contributed by atoms with van der Waals surface area (Å²) < 4.78 is 38.5. The van der Waals surface area contributed by atoms with E-state index in [0.29, 0.717) is 22.4 Å². The van der Waals surface area contributed by atoms with Crippen LogP contribution in [0.5, 0.6) is 0 Å². The summed E-state index contributed by atoms with van der Waals surface area (Å²) in [5, 5.41) is 9.66. The van der Waals surface area contributed by atoms with Gasteiger partial charge in [0.1, 0.15) is 11.5 Å². The van der Waals surface area contributed by atoms with E-state index in [2.05, 4.69) is 5.10 Å². The van der Waals surface area contributed by atoms with E-state index in [-0.39, 0.29) is 10.7 Å². The molecule has 26 heavy (non-hydrogen) atoms. The number of hydrogen-bond donors (Lipinski definition) is 1. The van der Waals surface area contributed by atoms with E-state index in [0.717, 1.165) is 5.56 Å². The first-order chi connectivity index (χ1) is 12.3. The van der Waals surface area contributed by atoms with Gasteiger partial charge in [-0.1, -0.05) is 30.3 Å². The van der Waals surface area contributed by atoms with Crippen LogP contribution in [0.15, 0.2) is 59.6 Å². The molecule has 0 unspecified atom stereocenters. The summed E-state index contributed by atoms with van der Waals surface area (Å²) in [5.74, 6) is -0.295. The zero-order chi connectivity index (χ0) is 18.9. The average molecular weight is 371 g/mol. The van der Waals surface area contributed by atoms with Crippen molar-refractivity contribution in [3.63, 3.8) is 0 Å². The minimum atomic E-state index is -3.76. The molecule has 0 radical (unpaired) electrons. The molecule has 0 amide bonds. The Morgan fingerprint density at radius 3 is 2.35 bits per heavy atom. The number of hydrogen-bond acceptors (Lipinski definition) is 3. The zero-order valence-corrected chi connectivity index (χ0v) is 15.2. The summed E-state index contributed by atoms with van der Waals surface area (Å²) in [7, 11) is -3.76. The van der Waals surface area contributed by atoms with Gasteiger partial charge in [-0.15, -0.1) is 0 Å². The molecule has 134 valence electrons. The zero-order valence-electron chi connectivity index (χ0n) is 14.3. The van der Waals surface area contributed by atoms with E-state index in [9.17, 15) is 12.8 Å². The highest BCUT2D eigenvalue weighted by molar-refractivity contribution is 7.89. The third-order valence-corrected chi connectivity index (χ3v) is 4.90. The number of halogens is 1. The largest absolute Gasteiger partial charge is 0.247 e. The molecular weight excluding hydrogens is 353 g/mol. The Bertz CT molecular complexity index is 1080. The van der Waals surface area contributed by atoms with Gasteiger partial charge in [-0.2, -0.15) is 5.10 Å². The van der Waals surface area contributed by atoms with Gasteiger partial charge >= 0.3 is 0 Å². The minimum absolute atomic E-state index is 0.0251. The first-order valence-corrected chi connectivity index (χ1v) is 9.46. The predicted molar refractivity (Wildman–Crippen MR) is 100 cm³/mol. The summed E-state index contributed by atoms with van der Waals surface area (Å²) in [6.45, 7) is 3.57. The van der Waals surface area contributed by atoms with Gasteiger partial charge in [-0.25, -0.2) is 22.6 Å². The molecule has 0 aliphatic carbocycles. The lowest BCUT2D eigenvalue weighted by Crippen LogP contribution is -2.11. The molecule has 0 aliphatic rings. The van der Waals surface area contributed by atoms with Crippen LogP contribution in [0.2, 0.25) is 0 Å². The molecule has 0 atom stereocenters. The second kappa shape index (κ2) is 6.86. The van der Waals surface area contributed by atoms with E-state index >= 15 is 0 Å². The third kappa shape index (κ3) is 3.58. The fourth-order valence-corrected chi connectivity index (χ4v) is 3.12. The quantitative estimate of drug-likeness (QED) is 0.758. The minimum Gasteiger partial charge on any atom is -0.247 e. The van der Waals surface area contributed by atoms with Gasteiger partial charge in [0.05, 0.1) is 4.90 Å². The van der Waals surface area contributed by atoms with Gasteiger partial charge in [-0.05, 0) is 43.2 Å². The van der Waals surface area contributed by atoms with Crippen molar-refractivity contribution in [1.29, 1.82) is 0 Å². The van der Waals surface area contributed by atoms with Crippen molar-refractivity contribution >= 4 is 16.2 Å². The number of primary sulfonamides is 1. The Labute approximate surface area is 151 Å². The molecule has 3 aromatic rings. The van der Waals surface area contributed by atoms with E-state index < -0.39 is 10.0 Å². The van der Waals surface area contributed by atoms with Gasteiger partial charge in [0, 0.05) is 23.5 Å². The smallest absolute Gasteiger partial charge is 0.238 e. The standard InChI is InChI=1S/C19H18FN3O2S/c1-3-10-23-12-17(15-5-4-13(2)18(20)11-15)19(22-23)14-6-8-16(9-7-14)26(21,24)25/h3-12H,1-2H3,(H2,21,24,25). The van der Waals surface area contributed by atoms with E-state index in [1.54, 1.807) is 42.2 Å². The lowest BCUT2D eigenvalue weighted by atomic mass is 10.0. The maximum Gasteiger partial charge on any atom is 0.238 e. The Morgan fingerprint density at radius 1 is 1.12 bits per heavy atom. The molecule has 0 bridgehead atoms. The predicted octanol–water partition coefficient (Wildman–Crippen LogP) is 3.80. The number of nitrogens with zero attached hydrogens (tertiary/aromatic N) is 2. The van der Waals surface area contributed by atoms with Crippen LogP contribution in [-0.2, 0) is 10.0 Å². The number of sulfonamides is 1. The molecule has 1 heterocycles.